The van der Waals surface area contributed by atoms with Gasteiger partial charge >= 0.3 is 0 Å². The Morgan fingerprint density at radius 2 is 1.50 bits per heavy atom. The highest BCUT2D eigenvalue weighted by molar-refractivity contribution is 5.47. The molecule has 0 N–H and O–H groups in total. The Balaban J connectivity index is 1.18. The highest BCUT2D eigenvalue weighted by Crippen LogP contribution is 2.33. The average Bonchev–Trinajstić information content (AvgIpc) is 2.60. The molecule has 24 heavy (non-hydrogen) atoms. The molecule has 1 aromatic carbocycles. The van der Waals surface area contributed by atoms with E-state index < -0.39 is 0 Å². The molecule has 2 aliphatic heterocycles. The lowest BCUT2D eigenvalue weighted by atomic mass is 9.86. The minimum atomic E-state index is 0.485. The Kier molecular flexibility index (Phi) is 5.09. The van der Waals surface area contributed by atoms with Crippen LogP contribution in [0, 0.1) is 6.92 Å². The van der Waals surface area contributed by atoms with Gasteiger partial charge in [-0.15, -0.1) is 0 Å². The second-order valence-electron chi connectivity index (χ2n) is 8.00. The molecule has 0 amide bonds. The number of anilines is 1. The molecule has 3 aliphatic rings. The van der Waals surface area contributed by atoms with Crippen molar-refractivity contribution in [3.8, 4) is 0 Å². The SMILES string of the molecule is Cc1ccc(N2CCC(OC3CC(N4CCCCC4)C3)CC2)cc1. The fourth-order valence-electron chi connectivity index (χ4n) is 4.51. The van der Waals surface area contributed by atoms with Crippen LogP contribution in [0.1, 0.15) is 50.5 Å². The molecule has 3 nitrogen and oxygen atoms in total. The van der Waals surface area contributed by atoms with Gasteiger partial charge in [0.2, 0.25) is 0 Å². The van der Waals surface area contributed by atoms with Crippen LogP contribution in [-0.2, 0) is 4.74 Å². The molecule has 3 heteroatoms. The van der Waals surface area contributed by atoms with Crippen LogP contribution in [0.3, 0.4) is 0 Å². The lowest BCUT2D eigenvalue weighted by molar-refractivity contribution is -0.0961. The van der Waals surface area contributed by atoms with Crippen LogP contribution in [0.25, 0.3) is 0 Å². The lowest BCUT2D eigenvalue weighted by Crippen LogP contribution is -2.51. The van der Waals surface area contributed by atoms with Crippen LogP contribution in [0.4, 0.5) is 5.69 Å². The zero-order valence-corrected chi connectivity index (χ0v) is 15.1. The van der Waals surface area contributed by atoms with Crippen LogP contribution in [0.2, 0.25) is 0 Å². The van der Waals surface area contributed by atoms with E-state index in [4.69, 9.17) is 4.74 Å². The Hall–Kier alpha value is -1.06. The van der Waals surface area contributed by atoms with Gasteiger partial charge in [0, 0.05) is 24.8 Å². The molecule has 1 aliphatic carbocycles. The van der Waals surface area contributed by atoms with Gasteiger partial charge in [0.05, 0.1) is 12.2 Å². The first-order valence-corrected chi connectivity index (χ1v) is 9.99. The maximum atomic E-state index is 6.40. The van der Waals surface area contributed by atoms with Crippen molar-refractivity contribution in [1.29, 1.82) is 0 Å². The number of benzene rings is 1. The summed E-state index contributed by atoms with van der Waals surface area (Å²) in [7, 11) is 0. The van der Waals surface area contributed by atoms with Crippen molar-refractivity contribution in [1.82, 2.24) is 4.90 Å². The van der Waals surface area contributed by atoms with Crippen molar-refractivity contribution in [3.63, 3.8) is 0 Å². The van der Waals surface area contributed by atoms with E-state index in [-0.39, 0.29) is 0 Å². The third-order valence-corrected chi connectivity index (χ3v) is 6.20. The van der Waals surface area contributed by atoms with Gasteiger partial charge in [-0.2, -0.15) is 0 Å². The number of likely N-dealkylation sites (tertiary alicyclic amines) is 1. The summed E-state index contributed by atoms with van der Waals surface area (Å²) >= 11 is 0. The van der Waals surface area contributed by atoms with Gasteiger partial charge in [0.1, 0.15) is 0 Å². The monoisotopic (exact) mass is 328 g/mol. The van der Waals surface area contributed by atoms with Gasteiger partial charge in [0.15, 0.2) is 0 Å². The Morgan fingerprint density at radius 1 is 0.833 bits per heavy atom. The second-order valence-corrected chi connectivity index (χ2v) is 8.00. The van der Waals surface area contributed by atoms with Crippen LogP contribution >= 0.6 is 0 Å². The number of nitrogens with zero attached hydrogens (tertiary/aromatic N) is 2. The summed E-state index contributed by atoms with van der Waals surface area (Å²) in [5, 5.41) is 0. The Morgan fingerprint density at radius 3 is 2.17 bits per heavy atom. The third kappa shape index (κ3) is 3.78. The molecule has 0 spiro atoms. The van der Waals surface area contributed by atoms with Gasteiger partial charge in [-0.1, -0.05) is 24.1 Å². The first-order chi connectivity index (χ1) is 11.8. The summed E-state index contributed by atoms with van der Waals surface area (Å²) < 4.78 is 6.40. The molecule has 0 bridgehead atoms. The second kappa shape index (κ2) is 7.45. The van der Waals surface area contributed by atoms with E-state index in [0.29, 0.717) is 12.2 Å². The molecule has 0 unspecified atom stereocenters. The molecule has 4 rings (SSSR count). The Labute approximate surface area is 147 Å². The van der Waals surface area contributed by atoms with E-state index in [1.165, 1.54) is 69.3 Å². The van der Waals surface area contributed by atoms with Gasteiger partial charge in [-0.3, -0.25) is 0 Å². The van der Waals surface area contributed by atoms with Crippen LogP contribution in [-0.4, -0.2) is 49.3 Å². The predicted molar refractivity (Wildman–Crippen MR) is 99.7 cm³/mol. The summed E-state index contributed by atoms with van der Waals surface area (Å²) in [6.45, 7) is 7.07. The molecular formula is C21H32N2O. The number of piperidine rings is 2. The highest BCUT2D eigenvalue weighted by atomic mass is 16.5. The van der Waals surface area contributed by atoms with Gasteiger partial charge in [-0.25, -0.2) is 0 Å². The van der Waals surface area contributed by atoms with Crippen molar-refractivity contribution in [2.24, 2.45) is 0 Å². The first kappa shape index (κ1) is 16.4. The van der Waals surface area contributed by atoms with E-state index >= 15 is 0 Å². The van der Waals surface area contributed by atoms with Crippen molar-refractivity contribution < 1.29 is 4.74 Å². The van der Waals surface area contributed by atoms with Crippen LogP contribution in [0.5, 0.6) is 0 Å². The van der Waals surface area contributed by atoms with Crippen molar-refractivity contribution in [2.45, 2.75) is 70.1 Å². The van der Waals surface area contributed by atoms with E-state index in [0.717, 1.165) is 19.1 Å². The number of rotatable bonds is 4. The van der Waals surface area contributed by atoms with Crippen molar-refractivity contribution >= 4 is 5.69 Å². The fraction of sp³-hybridized carbons (Fsp3) is 0.714. The number of hydrogen-bond donors (Lipinski definition) is 0. The van der Waals surface area contributed by atoms with Crippen LogP contribution in [0.15, 0.2) is 24.3 Å². The molecule has 0 aromatic heterocycles. The van der Waals surface area contributed by atoms with Gasteiger partial charge in [0.25, 0.3) is 0 Å². The molecule has 2 saturated heterocycles. The molecular weight excluding hydrogens is 296 g/mol. The van der Waals surface area contributed by atoms with Gasteiger partial charge in [-0.05, 0) is 70.7 Å². The van der Waals surface area contributed by atoms with Crippen LogP contribution < -0.4 is 4.90 Å². The maximum absolute atomic E-state index is 6.40. The zero-order chi connectivity index (χ0) is 16.4. The average molecular weight is 329 g/mol. The number of hydrogen-bond acceptors (Lipinski definition) is 3. The molecule has 1 saturated carbocycles. The minimum Gasteiger partial charge on any atom is -0.375 e. The van der Waals surface area contributed by atoms with Gasteiger partial charge < -0.3 is 14.5 Å². The predicted octanol–water partition coefficient (Wildman–Crippen LogP) is 4.00. The van der Waals surface area contributed by atoms with E-state index in [1.807, 2.05) is 0 Å². The fourth-order valence-corrected chi connectivity index (χ4v) is 4.51. The molecule has 2 heterocycles. The van der Waals surface area contributed by atoms with Crippen molar-refractivity contribution in [3.05, 3.63) is 29.8 Å². The van der Waals surface area contributed by atoms with E-state index in [2.05, 4.69) is 41.0 Å². The molecule has 132 valence electrons. The summed E-state index contributed by atoms with van der Waals surface area (Å²) in [6.07, 6.45) is 10.2. The maximum Gasteiger partial charge on any atom is 0.0612 e. The topological polar surface area (TPSA) is 15.7 Å². The third-order valence-electron chi connectivity index (χ3n) is 6.20. The standard InChI is InChI=1S/C21H32N2O/c1-17-5-7-18(8-6-17)23-13-9-20(10-14-23)24-21-15-19(16-21)22-11-3-2-4-12-22/h5-8,19-21H,2-4,9-16H2,1H3. The summed E-state index contributed by atoms with van der Waals surface area (Å²) in [6, 6.07) is 9.76. The van der Waals surface area contributed by atoms with E-state index in [9.17, 15) is 0 Å². The largest absolute Gasteiger partial charge is 0.375 e. The number of aryl methyl sites for hydroxylation is 1. The minimum absolute atomic E-state index is 0.485. The Bertz CT molecular complexity index is 509. The molecule has 1 aromatic rings. The quantitative estimate of drug-likeness (QED) is 0.831. The zero-order valence-electron chi connectivity index (χ0n) is 15.1. The molecule has 3 fully saturated rings. The first-order valence-electron chi connectivity index (χ1n) is 9.99. The summed E-state index contributed by atoms with van der Waals surface area (Å²) in [5.74, 6) is 0. The molecule has 0 atom stereocenters. The number of ether oxygens (including phenoxy) is 1. The molecule has 0 radical (unpaired) electrons. The normalized spacial score (nSPS) is 29.5. The van der Waals surface area contributed by atoms with E-state index in [1.54, 1.807) is 0 Å². The lowest BCUT2D eigenvalue weighted by Gasteiger charge is -2.46. The summed E-state index contributed by atoms with van der Waals surface area (Å²) in [5.41, 5.74) is 2.71. The highest BCUT2D eigenvalue weighted by Gasteiger charge is 2.36. The van der Waals surface area contributed by atoms with Crippen molar-refractivity contribution in [2.75, 3.05) is 31.1 Å². The summed E-state index contributed by atoms with van der Waals surface area (Å²) in [4.78, 5) is 5.22. The smallest absolute Gasteiger partial charge is 0.0612 e.